The van der Waals surface area contributed by atoms with Crippen molar-refractivity contribution in [2.45, 2.75) is 18.9 Å². The molecule has 1 unspecified atom stereocenters. The maximum atomic E-state index is 12.3. The van der Waals surface area contributed by atoms with Gasteiger partial charge in [-0.05, 0) is 55.3 Å². The summed E-state index contributed by atoms with van der Waals surface area (Å²) in [7, 11) is 0. The predicted molar refractivity (Wildman–Crippen MR) is 108 cm³/mol. The maximum Gasteiger partial charge on any atom is 0.244 e. The Kier molecular flexibility index (Phi) is 6.73. The minimum atomic E-state index is -0.129. The van der Waals surface area contributed by atoms with E-state index in [1.807, 2.05) is 18.2 Å². The highest BCUT2D eigenvalue weighted by Crippen LogP contribution is 2.24. The summed E-state index contributed by atoms with van der Waals surface area (Å²) in [4.78, 5) is 14.7. The number of amides is 1. The van der Waals surface area contributed by atoms with Crippen LogP contribution in [0, 0.1) is 0 Å². The van der Waals surface area contributed by atoms with Gasteiger partial charge >= 0.3 is 0 Å². The summed E-state index contributed by atoms with van der Waals surface area (Å²) in [5.74, 6) is -0.129. The van der Waals surface area contributed by atoms with E-state index >= 15 is 0 Å². The summed E-state index contributed by atoms with van der Waals surface area (Å²) in [6, 6.07) is 15.8. The Hall–Kier alpha value is -1.81. The number of hydrogen-bond acceptors (Lipinski definition) is 2. The van der Waals surface area contributed by atoms with Crippen molar-refractivity contribution in [2.75, 3.05) is 19.6 Å². The van der Waals surface area contributed by atoms with Crippen molar-refractivity contribution in [3.63, 3.8) is 0 Å². The SMILES string of the molecule is O=C(/C=C/c1ccc(Cl)cc1Cl)NCC(c1ccccc1)N1CCCC1. The van der Waals surface area contributed by atoms with Crippen LogP contribution in [0.15, 0.2) is 54.6 Å². The highest BCUT2D eigenvalue weighted by Gasteiger charge is 2.23. The van der Waals surface area contributed by atoms with E-state index in [1.54, 1.807) is 24.3 Å². The Balaban J connectivity index is 1.63. The number of hydrogen-bond donors (Lipinski definition) is 1. The van der Waals surface area contributed by atoms with Crippen LogP contribution in [-0.4, -0.2) is 30.4 Å². The van der Waals surface area contributed by atoms with Gasteiger partial charge in [-0.3, -0.25) is 9.69 Å². The number of halogens is 2. The highest BCUT2D eigenvalue weighted by molar-refractivity contribution is 6.35. The van der Waals surface area contributed by atoms with E-state index in [-0.39, 0.29) is 11.9 Å². The monoisotopic (exact) mass is 388 g/mol. The molecular formula is C21H22Cl2N2O. The van der Waals surface area contributed by atoms with Crippen LogP contribution in [-0.2, 0) is 4.79 Å². The average molecular weight is 389 g/mol. The Morgan fingerprint density at radius 1 is 1.12 bits per heavy atom. The minimum Gasteiger partial charge on any atom is -0.351 e. The molecule has 1 fully saturated rings. The minimum absolute atomic E-state index is 0.129. The standard InChI is InChI=1S/C21H22Cl2N2O/c22-18-10-8-16(19(23)14-18)9-11-21(26)24-15-20(25-12-4-5-13-25)17-6-2-1-3-7-17/h1-3,6-11,14,20H,4-5,12-13,15H2,(H,24,26)/b11-9+. The van der Waals surface area contributed by atoms with Gasteiger partial charge in [-0.15, -0.1) is 0 Å². The summed E-state index contributed by atoms with van der Waals surface area (Å²) in [5.41, 5.74) is 2.00. The molecular weight excluding hydrogens is 367 g/mol. The quantitative estimate of drug-likeness (QED) is 0.709. The molecule has 0 aromatic heterocycles. The maximum absolute atomic E-state index is 12.3. The van der Waals surface area contributed by atoms with Gasteiger partial charge in [0.2, 0.25) is 5.91 Å². The fourth-order valence-corrected chi connectivity index (χ4v) is 3.72. The van der Waals surface area contributed by atoms with Crippen molar-refractivity contribution >= 4 is 35.2 Å². The smallest absolute Gasteiger partial charge is 0.244 e. The summed E-state index contributed by atoms with van der Waals surface area (Å²) in [6.45, 7) is 2.73. The zero-order chi connectivity index (χ0) is 18.4. The summed E-state index contributed by atoms with van der Waals surface area (Å²) in [5, 5.41) is 4.13. The third-order valence-corrected chi connectivity index (χ3v) is 5.17. The zero-order valence-corrected chi connectivity index (χ0v) is 16.0. The summed E-state index contributed by atoms with van der Waals surface area (Å²) < 4.78 is 0. The van der Waals surface area contributed by atoms with Crippen molar-refractivity contribution < 1.29 is 4.79 Å². The lowest BCUT2D eigenvalue weighted by Crippen LogP contribution is -2.36. The first-order valence-corrected chi connectivity index (χ1v) is 9.59. The van der Waals surface area contributed by atoms with Crippen LogP contribution in [0.4, 0.5) is 0 Å². The van der Waals surface area contributed by atoms with Gasteiger partial charge in [0.25, 0.3) is 0 Å². The Morgan fingerprint density at radius 3 is 2.54 bits per heavy atom. The van der Waals surface area contributed by atoms with Crippen molar-refractivity contribution in [3.05, 3.63) is 75.8 Å². The van der Waals surface area contributed by atoms with Gasteiger partial charge in [-0.2, -0.15) is 0 Å². The first-order valence-electron chi connectivity index (χ1n) is 8.83. The number of nitrogens with zero attached hydrogens (tertiary/aromatic N) is 1. The van der Waals surface area contributed by atoms with Crippen molar-refractivity contribution in [1.82, 2.24) is 10.2 Å². The van der Waals surface area contributed by atoms with E-state index in [0.29, 0.717) is 16.6 Å². The van der Waals surface area contributed by atoms with Crippen LogP contribution in [0.1, 0.15) is 30.0 Å². The third kappa shape index (κ3) is 5.10. The molecule has 0 saturated carbocycles. The summed E-state index contributed by atoms with van der Waals surface area (Å²) in [6.07, 6.45) is 5.65. The molecule has 1 aliphatic rings. The van der Waals surface area contributed by atoms with E-state index < -0.39 is 0 Å². The molecule has 1 amide bonds. The van der Waals surface area contributed by atoms with E-state index in [9.17, 15) is 4.79 Å². The van der Waals surface area contributed by atoms with Crippen LogP contribution >= 0.6 is 23.2 Å². The molecule has 0 bridgehead atoms. The lowest BCUT2D eigenvalue weighted by Gasteiger charge is -2.28. The van der Waals surface area contributed by atoms with E-state index in [2.05, 4.69) is 22.3 Å². The fraction of sp³-hybridized carbons (Fsp3) is 0.286. The van der Waals surface area contributed by atoms with Crippen molar-refractivity contribution in [3.8, 4) is 0 Å². The third-order valence-electron chi connectivity index (χ3n) is 4.61. The molecule has 0 aliphatic carbocycles. The molecule has 26 heavy (non-hydrogen) atoms. The van der Waals surface area contributed by atoms with Gasteiger partial charge < -0.3 is 5.32 Å². The van der Waals surface area contributed by atoms with Crippen LogP contribution < -0.4 is 5.32 Å². The highest BCUT2D eigenvalue weighted by atomic mass is 35.5. The molecule has 1 saturated heterocycles. The van der Waals surface area contributed by atoms with Gasteiger partial charge in [0.1, 0.15) is 0 Å². The van der Waals surface area contributed by atoms with Crippen LogP contribution in [0.3, 0.4) is 0 Å². The second-order valence-electron chi connectivity index (χ2n) is 6.41. The number of carbonyl (C=O) groups excluding carboxylic acids is 1. The number of benzene rings is 2. The van der Waals surface area contributed by atoms with E-state index in [1.165, 1.54) is 24.5 Å². The second-order valence-corrected chi connectivity index (χ2v) is 7.26. The first-order chi connectivity index (χ1) is 12.6. The normalized spacial score (nSPS) is 16.1. The van der Waals surface area contributed by atoms with Gasteiger partial charge in [-0.1, -0.05) is 59.6 Å². The number of carbonyl (C=O) groups is 1. The molecule has 5 heteroatoms. The zero-order valence-electron chi connectivity index (χ0n) is 14.5. The topological polar surface area (TPSA) is 32.3 Å². The number of likely N-dealkylation sites (tertiary alicyclic amines) is 1. The average Bonchev–Trinajstić information content (AvgIpc) is 3.16. The van der Waals surface area contributed by atoms with Crippen LogP contribution in [0.25, 0.3) is 6.08 Å². The Labute approximate surface area is 164 Å². The molecule has 0 spiro atoms. The Morgan fingerprint density at radius 2 is 1.85 bits per heavy atom. The van der Waals surface area contributed by atoms with Gasteiger partial charge in [-0.25, -0.2) is 0 Å². The predicted octanol–water partition coefficient (Wildman–Crippen LogP) is 4.96. The molecule has 1 atom stereocenters. The van der Waals surface area contributed by atoms with E-state index in [4.69, 9.17) is 23.2 Å². The molecule has 2 aromatic rings. The lowest BCUT2D eigenvalue weighted by molar-refractivity contribution is -0.116. The molecule has 1 heterocycles. The summed E-state index contributed by atoms with van der Waals surface area (Å²) >= 11 is 12.0. The molecule has 136 valence electrons. The van der Waals surface area contributed by atoms with Crippen molar-refractivity contribution in [1.29, 1.82) is 0 Å². The van der Waals surface area contributed by atoms with Gasteiger partial charge in [0, 0.05) is 22.7 Å². The molecule has 3 nitrogen and oxygen atoms in total. The Bertz CT molecular complexity index is 771. The number of rotatable bonds is 6. The molecule has 1 N–H and O–H groups in total. The first kappa shape index (κ1) is 19.0. The molecule has 3 rings (SSSR count). The van der Waals surface area contributed by atoms with Crippen molar-refractivity contribution in [2.24, 2.45) is 0 Å². The fourth-order valence-electron chi connectivity index (χ4n) is 3.24. The largest absolute Gasteiger partial charge is 0.351 e. The number of nitrogens with one attached hydrogen (secondary N) is 1. The molecule has 2 aromatic carbocycles. The molecule has 0 radical (unpaired) electrons. The van der Waals surface area contributed by atoms with Gasteiger partial charge in [0.05, 0.1) is 6.04 Å². The van der Waals surface area contributed by atoms with Gasteiger partial charge in [0.15, 0.2) is 0 Å². The van der Waals surface area contributed by atoms with Crippen LogP contribution in [0.2, 0.25) is 10.0 Å². The second kappa shape index (κ2) is 9.22. The lowest BCUT2D eigenvalue weighted by atomic mass is 10.1. The van der Waals surface area contributed by atoms with Crippen LogP contribution in [0.5, 0.6) is 0 Å². The molecule has 1 aliphatic heterocycles. The van der Waals surface area contributed by atoms with E-state index in [0.717, 1.165) is 18.7 Å².